The minimum atomic E-state index is -0.572. The summed E-state index contributed by atoms with van der Waals surface area (Å²) in [5, 5.41) is 16.6. The van der Waals surface area contributed by atoms with E-state index < -0.39 is 4.92 Å². The summed E-state index contributed by atoms with van der Waals surface area (Å²) >= 11 is 0. The Kier molecular flexibility index (Phi) is 4.51. The molecule has 2 heterocycles. The summed E-state index contributed by atoms with van der Waals surface area (Å²) in [5.74, 6) is 0.783. The van der Waals surface area contributed by atoms with Crippen LogP contribution in [0.15, 0.2) is 67.1 Å². The molecule has 0 radical (unpaired) electrons. The van der Waals surface area contributed by atoms with Gasteiger partial charge in [-0.25, -0.2) is 9.97 Å². The highest BCUT2D eigenvalue weighted by molar-refractivity contribution is 5.83. The molecule has 2 aromatic carbocycles. The van der Waals surface area contributed by atoms with Crippen molar-refractivity contribution in [3.05, 3.63) is 82.8 Å². The van der Waals surface area contributed by atoms with Gasteiger partial charge in [0.05, 0.1) is 4.92 Å². The Balaban J connectivity index is 1.72. The van der Waals surface area contributed by atoms with Gasteiger partial charge in [-0.05, 0) is 41.5 Å². The van der Waals surface area contributed by atoms with Gasteiger partial charge in [-0.15, -0.1) is 0 Å². The lowest BCUT2D eigenvalue weighted by atomic mass is 10.1. The van der Waals surface area contributed by atoms with Gasteiger partial charge in [0.25, 0.3) is 0 Å². The Morgan fingerprint density at radius 2 is 1.79 bits per heavy atom. The van der Waals surface area contributed by atoms with Crippen LogP contribution >= 0.6 is 0 Å². The van der Waals surface area contributed by atoms with Crippen LogP contribution in [0.25, 0.3) is 10.8 Å². The molecule has 0 saturated carbocycles. The Bertz CT molecular complexity index is 1180. The molecule has 8 nitrogen and oxygen atoms in total. The molecule has 0 atom stereocenters. The molecule has 4 rings (SSSR count). The largest absolute Gasteiger partial charge is 0.434 e. The number of nitro groups is 1. The van der Waals surface area contributed by atoms with Crippen LogP contribution in [0.1, 0.15) is 5.56 Å². The normalized spacial score (nSPS) is 10.6. The van der Waals surface area contributed by atoms with Gasteiger partial charge >= 0.3 is 11.6 Å². The maximum atomic E-state index is 11.7. The third-order valence-corrected chi connectivity index (χ3v) is 4.15. The van der Waals surface area contributed by atoms with Crippen molar-refractivity contribution in [2.45, 2.75) is 6.92 Å². The van der Waals surface area contributed by atoms with E-state index in [-0.39, 0.29) is 17.4 Å². The third-order valence-electron chi connectivity index (χ3n) is 4.15. The lowest BCUT2D eigenvalue weighted by Gasteiger charge is -2.10. The SMILES string of the molecule is Cc1cccnc1Nc1ncnc(Oc2ccc3ccccc3c2)c1[N+](=O)[O-]. The van der Waals surface area contributed by atoms with Crippen molar-refractivity contribution in [2.75, 3.05) is 5.32 Å². The van der Waals surface area contributed by atoms with Gasteiger partial charge in [0.1, 0.15) is 17.9 Å². The standard InChI is InChI=1S/C20H15N5O3/c1-13-5-4-10-21-18(13)24-19-17(25(26)27)20(23-12-22-19)28-16-9-8-14-6-2-3-7-15(14)11-16/h2-12H,1H3,(H,21,22,23,24). The van der Waals surface area contributed by atoms with E-state index in [0.717, 1.165) is 16.3 Å². The maximum Gasteiger partial charge on any atom is 0.373 e. The number of ether oxygens (including phenoxy) is 1. The topological polar surface area (TPSA) is 103 Å². The molecule has 0 bridgehead atoms. The first-order valence-corrected chi connectivity index (χ1v) is 8.46. The Morgan fingerprint density at radius 3 is 2.57 bits per heavy atom. The molecule has 0 aliphatic heterocycles. The van der Waals surface area contributed by atoms with E-state index in [2.05, 4.69) is 20.3 Å². The molecule has 138 valence electrons. The summed E-state index contributed by atoms with van der Waals surface area (Å²) < 4.78 is 5.73. The summed E-state index contributed by atoms with van der Waals surface area (Å²) in [6.07, 6.45) is 2.80. The summed E-state index contributed by atoms with van der Waals surface area (Å²) in [7, 11) is 0. The molecule has 4 aromatic rings. The minimum Gasteiger partial charge on any atom is -0.434 e. The van der Waals surface area contributed by atoms with E-state index in [1.165, 1.54) is 6.33 Å². The van der Waals surface area contributed by atoms with Crippen molar-refractivity contribution in [1.29, 1.82) is 0 Å². The fourth-order valence-electron chi connectivity index (χ4n) is 2.76. The summed E-state index contributed by atoms with van der Waals surface area (Å²) in [6.45, 7) is 1.84. The average Bonchev–Trinajstić information content (AvgIpc) is 2.69. The van der Waals surface area contributed by atoms with Crippen LogP contribution in [0.3, 0.4) is 0 Å². The fourth-order valence-corrected chi connectivity index (χ4v) is 2.76. The van der Waals surface area contributed by atoms with Crippen molar-refractivity contribution in [1.82, 2.24) is 15.0 Å². The Hall–Kier alpha value is -4.07. The van der Waals surface area contributed by atoms with Gasteiger partial charge in [0.15, 0.2) is 0 Å². The van der Waals surface area contributed by atoms with Crippen molar-refractivity contribution in [3.63, 3.8) is 0 Å². The number of nitrogens with one attached hydrogen (secondary N) is 1. The van der Waals surface area contributed by atoms with Gasteiger partial charge in [0.2, 0.25) is 5.82 Å². The molecule has 0 aliphatic carbocycles. The van der Waals surface area contributed by atoms with Crippen LogP contribution in [0, 0.1) is 17.0 Å². The molecule has 1 N–H and O–H groups in total. The number of aryl methyl sites for hydroxylation is 1. The van der Waals surface area contributed by atoms with Crippen LogP contribution in [0.5, 0.6) is 11.6 Å². The molecule has 0 unspecified atom stereocenters. The maximum absolute atomic E-state index is 11.7. The summed E-state index contributed by atoms with van der Waals surface area (Å²) in [6, 6.07) is 16.8. The van der Waals surface area contributed by atoms with Crippen molar-refractivity contribution >= 4 is 28.1 Å². The van der Waals surface area contributed by atoms with Crippen LogP contribution in [0.2, 0.25) is 0 Å². The molecule has 0 amide bonds. The number of anilines is 2. The minimum absolute atomic E-state index is 0.0117. The molecular weight excluding hydrogens is 358 g/mol. The molecule has 28 heavy (non-hydrogen) atoms. The van der Waals surface area contributed by atoms with Gasteiger partial charge < -0.3 is 10.1 Å². The average molecular weight is 373 g/mol. The van der Waals surface area contributed by atoms with Crippen LogP contribution in [0.4, 0.5) is 17.3 Å². The molecule has 0 aliphatic rings. The van der Waals surface area contributed by atoms with Gasteiger partial charge in [-0.3, -0.25) is 10.1 Å². The second-order valence-corrected chi connectivity index (χ2v) is 6.04. The smallest absolute Gasteiger partial charge is 0.373 e. The molecule has 8 heteroatoms. The zero-order chi connectivity index (χ0) is 19.5. The molecule has 0 spiro atoms. The fraction of sp³-hybridized carbons (Fsp3) is 0.0500. The third kappa shape index (κ3) is 3.43. The van der Waals surface area contributed by atoms with E-state index in [1.54, 1.807) is 24.4 Å². The number of hydrogen-bond acceptors (Lipinski definition) is 7. The van der Waals surface area contributed by atoms with Crippen LogP contribution in [-0.4, -0.2) is 19.9 Å². The van der Waals surface area contributed by atoms with Crippen molar-refractivity contribution in [3.8, 4) is 11.6 Å². The Morgan fingerprint density at radius 1 is 0.964 bits per heavy atom. The lowest BCUT2D eigenvalue weighted by molar-refractivity contribution is -0.385. The first kappa shape index (κ1) is 17.3. The molecule has 2 aromatic heterocycles. The first-order chi connectivity index (χ1) is 13.6. The number of aromatic nitrogens is 3. The predicted octanol–water partition coefficient (Wildman–Crippen LogP) is 4.78. The van der Waals surface area contributed by atoms with Crippen LogP contribution < -0.4 is 10.1 Å². The highest BCUT2D eigenvalue weighted by atomic mass is 16.6. The van der Waals surface area contributed by atoms with Gasteiger partial charge in [-0.1, -0.05) is 36.4 Å². The zero-order valence-electron chi connectivity index (χ0n) is 14.9. The molecule has 0 fully saturated rings. The highest BCUT2D eigenvalue weighted by Crippen LogP contribution is 2.36. The predicted molar refractivity (Wildman–Crippen MR) is 105 cm³/mol. The van der Waals surface area contributed by atoms with Crippen molar-refractivity contribution in [2.24, 2.45) is 0 Å². The first-order valence-electron chi connectivity index (χ1n) is 8.46. The molecular formula is C20H15N5O3. The second kappa shape index (κ2) is 7.28. The van der Waals surface area contributed by atoms with Gasteiger partial charge in [-0.2, -0.15) is 4.98 Å². The number of nitrogens with zero attached hydrogens (tertiary/aromatic N) is 4. The number of benzene rings is 2. The lowest BCUT2D eigenvalue weighted by Crippen LogP contribution is -2.05. The number of rotatable bonds is 5. The zero-order valence-corrected chi connectivity index (χ0v) is 14.9. The number of hydrogen-bond donors (Lipinski definition) is 1. The van der Waals surface area contributed by atoms with Gasteiger partial charge in [0, 0.05) is 6.20 Å². The van der Waals surface area contributed by atoms with E-state index in [4.69, 9.17) is 4.74 Å². The number of pyridine rings is 1. The second-order valence-electron chi connectivity index (χ2n) is 6.04. The molecule has 0 saturated heterocycles. The quantitative estimate of drug-likeness (QED) is 0.397. The van der Waals surface area contributed by atoms with E-state index in [9.17, 15) is 10.1 Å². The van der Waals surface area contributed by atoms with E-state index in [0.29, 0.717) is 11.6 Å². The summed E-state index contributed by atoms with van der Waals surface area (Å²) in [4.78, 5) is 23.3. The monoisotopic (exact) mass is 373 g/mol. The summed E-state index contributed by atoms with van der Waals surface area (Å²) in [5.41, 5.74) is 0.466. The van der Waals surface area contributed by atoms with E-state index >= 15 is 0 Å². The van der Waals surface area contributed by atoms with Crippen LogP contribution in [-0.2, 0) is 0 Å². The Labute approximate surface area is 160 Å². The highest BCUT2D eigenvalue weighted by Gasteiger charge is 2.25. The van der Waals surface area contributed by atoms with E-state index in [1.807, 2.05) is 43.3 Å². The number of fused-ring (bicyclic) bond motifs is 1. The van der Waals surface area contributed by atoms with Crippen molar-refractivity contribution < 1.29 is 9.66 Å².